The molecule has 1 aromatic carbocycles. The van der Waals surface area contributed by atoms with Crippen molar-refractivity contribution < 1.29 is 27.1 Å². The van der Waals surface area contributed by atoms with Gasteiger partial charge in [0, 0.05) is 43.6 Å². The number of imidazole rings is 1. The van der Waals surface area contributed by atoms with Crippen molar-refractivity contribution in [3.63, 3.8) is 0 Å². The number of anilines is 2. The quantitative estimate of drug-likeness (QED) is 0.413. The molecule has 1 unspecified atom stereocenters. The Morgan fingerprint density at radius 1 is 1.18 bits per heavy atom. The van der Waals surface area contributed by atoms with E-state index in [1.165, 1.54) is 23.3 Å². The number of alkyl halides is 3. The van der Waals surface area contributed by atoms with Crippen LogP contribution in [0.15, 0.2) is 24.8 Å². The van der Waals surface area contributed by atoms with Crippen LogP contribution in [0.2, 0.25) is 0 Å². The van der Waals surface area contributed by atoms with Crippen molar-refractivity contribution >= 4 is 28.6 Å². The van der Waals surface area contributed by atoms with Gasteiger partial charge in [-0.2, -0.15) is 13.2 Å². The highest BCUT2D eigenvalue weighted by Crippen LogP contribution is 2.53. The van der Waals surface area contributed by atoms with Crippen LogP contribution in [0, 0.1) is 11.2 Å². The van der Waals surface area contributed by atoms with E-state index in [2.05, 4.69) is 20.3 Å². The largest absolute Gasteiger partial charge is 0.419 e. The Morgan fingerprint density at radius 3 is 2.69 bits per heavy atom. The van der Waals surface area contributed by atoms with Crippen LogP contribution in [0.25, 0.3) is 11.2 Å². The maximum Gasteiger partial charge on any atom is 0.419 e. The lowest BCUT2D eigenvalue weighted by molar-refractivity contribution is -0.140. The zero-order chi connectivity index (χ0) is 27.6. The molecule has 1 spiro atoms. The van der Waals surface area contributed by atoms with Crippen LogP contribution in [0.1, 0.15) is 36.8 Å². The van der Waals surface area contributed by atoms with Crippen molar-refractivity contribution in [3.05, 3.63) is 41.7 Å². The van der Waals surface area contributed by atoms with Crippen molar-refractivity contribution in [2.75, 3.05) is 36.9 Å². The molecular weight excluding hydrogens is 520 g/mol. The van der Waals surface area contributed by atoms with Gasteiger partial charge in [-0.1, -0.05) is 0 Å². The van der Waals surface area contributed by atoms with Gasteiger partial charge in [0.2, 0.25) is 5.91 Å². The van der Waals surface area contributed by atoms with Gasteiger partial charge in [-0.3, -0.25) is 4.79 Å². The Labute approximate surface area is 220 Å². The second-order valence-electron chi connectivity index (χ2n) is 10.8. The number of nitrogens with zero attached hydrogens (tertiary/aromatic N) is 5. The minimum absolute atomic E-state index is 0.0165. The highest BCUT2D eigenvalue weighted by Gasteiger charge is 2.56. The SMILES string of the molecule is Nc1ncnc2c1ncn2Cc1c(N2CC[C@](N)(C(=O)NC3CC34CCOCC4)C2)ccc(F)c1C(F)(F)F. The van der Waals surface area contributed by atoms with Crippen molar-refractivity contribution in [3.8, 4) is 0 Å². The molecule has 0 radical (unpaired) electrons. The van der Waals surface area contributed by atoms with Gasteiger partial charge in [0.15, 0.2) is 11.5 Å². The lowest BCUT2D eigenvalue weighted by Gasteiger charge is -2.28. The summed E-state index contributed by atoms with van der Waals surface area (Å²) in [5.74, 6) is -1.65. The maximum absolute atomic E-state index is 14.7. The fraction of sp³-hybridized carbons (Fsp3) is 0.520. The van der Waals surface area contributed by atoms with E-state index in [9.17, 15) is 22.4 Å². The summed E-state index contributed by atoms with van der Waals surface area (Å²) in [5.41, 5.74) is 9.99. The number of nitrogens with two attached hydrogens (primary N) is 2. The van der Waals surface area contributed by atoms with E-state index < -0.39 is 23.1 Å². The lowest BCUT2D eigenvalue weighted by Crippen LogP contribution is -2.56. The number of ether oxygens (including phenoxy) is 1. The molecule has 3 aliphatic rings. The molecule has 14 heteroatoms. The van der Waals surface area contributed by atoms with E-state index in [4.69, 9.17) is 16.2 Å². The van der Waals surface area contributed by atoms with E-state index >= 15 is 0 Å². The first kappa shape index (κ1) is 25.7. The Hall–Kier alpha value is -3.52. The third-order valence-corrected chi connectivity index (χ3v) is 8.36. The predicted octanol–water partition coefficient (Wildman–Crippen LogP) is 2.21. The first-order valence-corrected chi connectivity index (χ1v) is 12.7. The van der Waals surface area contributed by atoms with Gasteiger partial charge in [-0.05, 0) is 43.2 Å². The van der Waals surface area contributed by atoms with Crippen LogP contribution < -0.4 is 21.7 Å². The number of nitrogen functional groups attached to an aromatic ring is 1. The normalized spacial score (nSPS) is 24.4. The average molecular weight is 549 g/mol. The Balaban J connectivity index is 1.29. The number of rotatable bonds is 5. The smallest absolute Gasteiger partial charge is 0.382 e. The highest BCUT2D eigenvalue weighted by molar-refractivity contribution is 5.88. The Morgan fingerprint density at radius 2 is 1.95 bits per heavy atom. The predicted molar refractivity (Wildman–Crippen MR) is 133 cm³/mol. The monoisotopic (exact) mass is 548 g/mol. The van der Waals surface area contributed by atoms with E-state index in [0.717, 1.165) is 25.3 Å². The van der Waals surface area contributed by atoms with Gasteiger partial charge < -0.3 is 31.0 Å². The first-order chi connectivity index (χ1) is 18.5. The van der Waals surface area contributed by atoms with Crippen molar-refractivity contribution in [2.45, 2.75) is 50.0 Å². The molecule has 2 saturated heterocycles. The lowest BCUT2D eigenvalue weighted by atomic mass is 9.95. The molecule has 1 saturated carbocycles. The number of nitrogens with one attached hydrogen (secondary N) is 1. The molecule has 0 bridgehead atoms. The summed E-state index contributed by atoms with van der Waals surface area (Å²) in [6, 6.07) is 2.11. The maximum atomic E-state index is 14.7. The molecule has 39 heavy (non-hydrogen) atoms. The number of benzene rings is 1. The van der Waals surface area contributed by atoms with Gasteiger partial charge in [-0.25, -0.2) is 19.3 Å². The van der Waals surface area contributed by atoms with Gasteiger partial charge >= 0.3 is 6.18 Å². The third kappa shape index (κ3) is 4.44. The number of carbonyl (C=O) groups is 1. The number of fused-ring (bicyclic) bond motifs is 1. The summed E-state index contributed by atoms with van der Waals surface area (Å²) in [6.07, 6.45) is 0.348. The van der Waals surface area contributed by atoms with Crippen molar-refractivity contribution in [1.82, 2.24) is 24.8 Å². The fourth-order valence-electron chi connectivity index (χ4n) is 5.96. The van der Waals surface area contributed by atoms with Gasteiger partial charge in [0.1, 0.15) is 23.2 Å². The van der Waals surface area contributed by atoms with E-state index in [1.54, 1.807) is 4.90 Å². The minimum Gasteiger partial charge on any atom is -0.382 e. The Kier molecular flexibility index (Phi) is 5.95. The number of carbonyl (C=O) groups excluding carboxylic acids is 1. The van der Waals surface area contributed by atoms with Crippen LogP contribution in [0.3, 0.4) is 0 Å². The third-order valence-electron chi connectivity index (χ3n) is 8.36. The summed E-state index contributed by atoms with van der Waals surface area (Å²) in [7, 11) is 0. The summed E-state index contributed by atoms with van der Waals surface area (Å²) in [4.78, 5) is 26.9. The van der Waals surface area contributed by atoms with Crippen molar-refractivity contribution in [1.29, 1.82) is 0 Å². The molecule has 3 aromatic rings. The van der Waals surface area contributed by atoms with Crippen LogP contribution in [-0.2, 0) is 22.3 Å². The molecular formula is C25H28F4N8O2. The summed E-state index contributed by atoms with van der Waals surface area (Å²) in [5, 5.41) is 3.07. The van der Waals surface area contributed by atoms with Gasteiger partial charge in [-0.15, -0.1) is 0 Å². The molecule has 5 N–H and O–H groups in total. The molecule has 10 nitrogen and oxygen atoms in total. The van der Waals surface area contributed by atoms with E-state index in [-0.39, 0.29) is 71.7 Å². The standard InChI is InChI=1S/C25H28F4N8O2/c26-15-1-2-16(14(18(15)25(27,28)29)10-37-13-34-19-20(30)32-12-33-21(19)37)36-6-3-24(31,11-36)22(38)35-17-9-23(17)4-7-39-8-5-23/h1-2,12-13,17H,3-11,31H2,(H,35,38)(H2,30,32,33)/t17?,24-/m1/s1. The van der Waals surface area contributed by atoms with Crippen LogP contribution >= 0.6 is 0 Å². The number of halogens is 4. The summed E-state index contributed by atoms with van der Waals surface area (Å²) < 4.78 is 64.0. The zero-order valence-corrected chi connectivity index (χ0v) is 21.0. The molecule has 208 valence electrons. The number of aromatic nitrogens is 4. The second-order valence-corrected chi connectivity index (χ2v) is 10.8. The topological polar surface area (TPSA) is 137 Å². The number of hydrogen-bond donors (Lipinski definition) is 3. The van der Waals surface area contributed by atoms with Gasteiger partial charge in [0.05, 0.1) is 18.4 Å². The molecule has 2 aliphatic heterocycles. The first-order valence-electron chi connectivity index (χ1n) is 12.7. The van der Waals surface area contributed by atoms with Gasteiger partial charge in [0.25, 0.3) is 0 Å². The molecule has 1 amide bonds. The average Bonchev–Trinajstić information content (AvgIpc) is 3.18. The molecule has 2 aromatic heterocycles. The molecule has 4 heterocycles. The Bertz CT molecular complexity index is 1440. The van der Waals surface area contributed by atoms with Crippen molar-refractivity contribution in [2.24, 2.45) is 11.1 Å². The van der Waals surface area contributed by atoms with E-state index in [1.807, 2.05) is 0 Å². The highest BCUT2D eigenvalue weighted by atomic mass is 19.4. The van der Waals surface area contributed by atoms with Crippen LogP contribution in [0.4, 0.5) is 29.1 Å². The fourth-order valence-corrected chi connectivity index (χ4v) is 5.96. The minimum atomic E-state index is -4.97. The number of hydrogen-bond acceptors (Lipinski definition) is 8. The molecule has 1 aliphatic carbocycles. The summed E-state index contributed by atoms with van der Waals surface area (Å²) >= 11 is 0. The number of amides is 1. The molecule has 3 fully saturated rings. The van der Waals surface area contributed by atoms with E-state index in [0.29, 0.717) is 13.2 Å². The van der Waals surface area contributed by atoms with Crippen LogP contribution in [0.5, 0.6) is 0 Å². The molecule has 6 rings (SSSR count). The van der Waals surface area contributed by atoms with Crippen LogP contribution in [-0.4, -0.2) is 63.3 Å². The molecule has 2 atom stereocenters. The zero-order valence-electron chi connectivity index (χ0n) is 21.0. The summed E-state index contributed by atoms with van der Waals surface area (Å²) in [6.45, 7) is 1.14. The second kappa shape index (κ2) is 9.01.